The molecular formula is C25H35N3O3S2. The van der Waals surface area contributed by atoms with E-state index in [0.717, 1.165) is 21.4 Å². The van der Waals surface area contributed by atoms with Crippen molar-refractivity contribution in [1.82, 2.24) is 9.97 Å². The van der Waals surface area contributed by atoms with Crippen LogP contribution in [0, 0.1) is 11.8 Å². The Labute approximate surface area is 205 Å². The number of ether oxygens (including phenoxy) is 2. The minimum atomic E-state index is -0.392. The smallest absolute Gasteiger partial charge is 0.220 e. The SMILES string of the molecule is COC(CC(N)=O)[C@H](C)[C@H](/C=C/c1csc(-c2csc([C@@H](C)/C=C/C=C/C(C)C)n2)n1)OC. The summed E-state index contributed by atoms with van der Waals surface area (Å²) in [6.07, 6.45) is 12.0. The number of nitrogens with zero attached hydrogens (tertiary/aromatic N) is 2. The third-order valence-electron chi connectivity index (χ3n) is 5.20. The first-order chi connectivity index (χ1) is 15.7. The molecule has 0 fully saturated rings. The minimum Gasteiger partial charge on any atom is -0.381 e. The molecule has 0 radical (unpaired) electrons. The van der Waals surface area contributed by atoms with Gasteiger partial charge in [0.15, 0.2) is 0 Å². The van der Waals surface area contributed by atoms with Gasteiger partial charge in [-0.1, -0.05) is 58.1 Å². The summed E-state index contributed by atoms with van der Waals surface area (Å²) in [7, 11) is 3.22. The monoisotopic (exact) mass is 489 g/mol. The Morgan fingerprint density at radius 2 is 1.76 bits per heavy atom. The van der Waals surface area contributed by atoms with Crippen LogP contribution in [0.1, 0.15) is 50.7 Å². The van der Waals surface area contributed by atoms with Gasteiger partial charge in [0.1, 0.15) is 10.7 Å². The third-order valence-corrected chi connectivity index (χ3v) is 7.13. The van der Waals surface area contributed by atoms with Gasteiger partial charge in [-0.15, -0.1) is 22.7 Å². The summed E-state index contributed by atoms with van der Waals surface area (Å²) in [5.41, 5.74) is 7.07. The molecule has 0 aliphatic rings. The zero-order valence-electron chi connectivity index (χ0n) is 20.2. The molecule has 2 heterocycles. The lowest BCUT2D eigenvalue weighted by Crippen LogP contribution is -2.34. The molecular weight excluding hydrogens is 454 g/mol. The van der Waals surface area contributed by atoms with Crippen LogP contribution < -0.4 is 5.73 Å². The molecule has 2 aromatic heterocycles. The van der Waals surface area contributed by atoms with Gasteiger partial charge >= 0.3 is 0 Å². The molecule has 0 spiro atoms. The van der Waals surface area contributed by atoms with Crippen LogP contribution in [0.25, 0.3) is 16.8 Å². The van der Waals surface area contributed by atoms with Gasteiger partial charge in [0.25, 0.3) is 0 Å². The molecule has 0 bridgehead atoms. The van der Waals surface area contributed by atoms with E-state index in [2.05, 4.69) is 50.5 Å². The van der Waals surface area contributed by atoms with E-state index < -0.39 is 5.91 Å². The number of carbonyl (C=O) groups excluding carboxylic acids is 1. The number of rotatable bonds is 13. The van der Waals surface area contributed by atoms with Crippen LogP contribution in [0.4, 0.5) is 0 Å². The molecule has 33 heavy (non-hydrogen) atoms. The van der Waals surface area contributed by atoms with Crippen molar-refractivity contribution in [3.05, 3.63) is 51.8 Å². The van der Waals surface area contributed by atoms with Crippen LogP contribution in [0.2, 0.25) is 0 Å². The Bertz CT molecular complexity index is 962. The first kappa shape index (κ1) is 27.1. The number of primary amides is 1. The Kier molecular flexibility index (Phi) is 11.1. The highest BCUT2D eigenvalue weighted by molar-refractivity contribution is 7.14. The minimum absolute atomic E-state index is 0.0483. The van der Waals surface area contributed by atoms with Crippen molar-refractivity contribution < 1.29 is 14.3 Å². The van der Waals surface area contributed by atoms with E-state index in [1.165, 1.54) is 0 Å². The highest BCUT2D eigenvalue weighted by atomic mass is 32.1. The topological polar surface area (TPSA) is 87.3 Å². The predicted octanol–water partition coefficient (Wildman–Crippen LogP) is 5.69. The number of nitrogens with two attached hydrogens (primary N) is 1. The van der Waals surface area contributed by atoms with Crippen molar-refractivity contribution in [2.75, 3.05) is 14.2 Å². The van der Waals surface area contributed by atoms with Gasteiger partial charge in [-0.2, -0.15) is 0 Å². The van der Waals surface area contributed by atoms with Crippen LogP contribution >= 0.6 is 22.7 Å². The van der Waals surface area contributed by atoms with Crippen molar-refractivity contribution in [1.29, 1.82) is 0 Å². The number of aromatic nitrogens is 2. The summed E-state index contributed by atoms with van der Waals surface area (Å²) in [4.78, 5) is 20.8. The normalized spacial score (nSPS) is 16.2. The molecule has 0 aliphatic heterocycles. The maximum atomic E-state index is 11.3. The zero-order valence-corrected chi connectivity index (χ0v) is 21.9. The highest BCUT2D eigenvalue weighted by Crippen LogP contribution is 2.29. The molecule has 1 unspecified atom stereocenters. The van der Waals surface area contributed by atoms with Crippen LogP contribution in [0.3, 0.4) is 0 Å². The first-order valence-electron chi connectivity index (χ1n) is 11.0. The van der Waals surface area contributed by atoms with Gasteiger partial charge in [0, 0.05) is 36.8 Å². The van der Waals surface area contributed by atoms with Crippen LogP contribution in [0.15, 0.2) is 41.1 Å². The molecule has 6 nitrogen and oxygen atoms in total. The molecule has 0 aromatic carbocycles. The van der Waals surface area contributed by atoms with Gasteiger partial charge in [-0.3, -0.25) is 4.79 Å². The van der Waals surface area contributed by atoms with Gasteiger partial charge in [0.05, 0.1) is 29.3 Å². The van der Waals surface area contributed by atoms with Crippen LogP contribution in [-0.4, -0.2) is 42.3 Å². The standard InChI is InChI=1S/C25H35N3O3S2/c1-16(2)9-7-8-10-17(3)24-28-20(15-33-24)25-27-19(14-32-25)11-12-21(30-5)18(4)22(31-6)13-23(26)29/h7-12,14-18,21-22H,13H2,1-6H3,(H2,26,29)/b9-7+,10-8+,12-11+/t17-,18+,21-,22?/m0/s1. The molecule has 2 N–H and O–H groups in total. The Morgan fingerprint density at radius 1 is 1.03 bits per heavy atom. The van der Waals surface area contributed by atoms with E-state index in [0.29, 0.717) is 5.92 Å². The molecule has 2 rings (SSSR count). The number of carbonyl (C=O) groups is 1. The molecule has 2 aromatic rings. The van der Waals surface area contributed by atoms with E-state index in [-0.39, 0.29) is 30.5 Å². The lowest BCUT2D eigenvalue weighted by molar-refractivity contribution is -0.122. The molecule has 8 heteroatoms. The second kappa shape index (κ2) is 13.5. The lowest BCUT2D eigenvalue weighted by Gasteiger charge is -2.26. The second-order valence-electron chi connectivity index (χ2n) is 8.31. The summed E-state index contributed by atoms with van der Waals surface area (Å²) in [6, 6.07) is 0. The van der Waals surface area contributed by atoms with E-state index >= 15 is 0 Å². The Morgan fingerprint density at radius 3 is 2.39 bits per heavy atom. The third kappa shape index (κ3) is 8.62. The summed E-state index contributed by atoms with van der Waals surface area (Å²) < 4.78 is 11.0. The number of thiazole rings is 2. The summed E-state index contributed by atoms with van der Waals surface area (Å²) in [6.45, 7) is 8.45. The zero-order chi connectivity index (χ0) is 24.4. The first-order valence-corrected chi connectivity index (χ1v) is 12.8. The quantitative estimate of drug-likeness (QED) is 0.365. The number of hydrogen-bond acceptors (Lipinski definition) is 7. The largest absolute Gasteiger partial charge is 0.381 e. The number of methoxy groups -OCH3 is 2. The van der Waals surface area contributed by atoms with Crippen molar-refractivity contribution in [3.63, 3.8) is 0 Å². The summed E-state index contributed by atoms with van der Waals surface area (Å²) in [5, 5.41) is 6.01. The number of allylic oxidation sites excluding steroid dienone is 4. The second-order valence-corrected chi connectivity index (χ2v) is 10.1. The van der Waals surface area contributed by atoms with Crippen LogP contribution in [0.5, 0.6) is 0 Å². The number of hydrogen-bond donors (Lipinski definition) is 1. The molecule has 0 saturated heterocycles. The van der Waals surface area contributed by atoms with Gasteiger partial charge in [0.2, 0.25) is 5.91 Å². The van der Waals surface area contributed by atoms with Gasteiger partial charge in [-0.05, 0) is 12.0 Å². The summed E-state index contributed by atoms with van der Waals surface area (Å²) in [5.74, 6) is 0.352. The van der Waals surface area contributed by atoms with Crippen molar-refractivity contribution >= 4 is 34.7 Å². The number of amides is 1. The molecule has 180 valence electrons. The maximum Gasteiger partial charge on any atom is 0.220 e. The molecule has 4 atom stereocenters. The molecule has 0 aliphatic carbocycles. The average Bonchev–Trinajstić information content (AvgIpc) is 3.44. The maximum absolute atomic E-state index is 11.3. The van der Waals surface area contributed by atoms with Crippen LogP contribution in [-0.2, 0) is 14.3 Å². The fourth-order valence-corrected chi connectivity index (χ4v) is 4.89. The van der Waals surface area contributed by atoms with E-state index in [4.69, 9.17) is 25.2 Å². The van der Waals surface area contributed by atoms with E-state index in [1.54, 1.807) is 36.9 Å². The lowest BCUT2D eigenvalue weighted by atomic mass is 9.94. The Hall–Kier alpha value is -2.13. The van der Waals surface area contributed by atoms with Crippen molar-refractivity contribution in [3.8, 4) is 10.7 Å². The fourth-order valence-electron chi connectivity index (χ4n) is 3.23. The summed E-state index contributed by atoms with van der Waals surface area (Å²) >= 11 is 3.22. The fraction of sp³-hybridized carbons (Fsp3) is 0.480. The van der Waals surface area contributed by atoms with Crippen molar-refractivity contribution in [2.24, 2.45) is 17.6 Å². The molecule has 1 amide bonds. The van der Waals surface area contributed by atoms with E-state index in [9.17, 15) is 4.79 Å². The van der Waals surface area contributed by atoms with Gasteiger partial charge < -0.3 is 15.2 Å². The predicted molar refractivity (Wildman–Crippen MR) is 138 cm³/mol. The van der Waals surface area contributed by atoms with Gasteiger partial charge in [-0.25, -0.2) is 9.97 Å². The average molecular weight is 490 g/mol. The Balaban J connectivity index is 2.05. The van der Waals surface area contributed by atoms with E-state index in [1.807, 2.05) is 24.5 Å². The highest BCUT2D eigenvalue weighted by Gasteiger charge is 2.25. The molecule has 0 saturated carbocycles. The van der Waals surface area contributed by atoms with Crippen molar-refractivity contribution in [2.45, 2.75) is 52.2 Å².